The van der Waals surface area contributed by atoms with Gasteiger partial charge in [-0.05, 0) is 88.8 Å². The molecule has 4 rings (SSSR count). The van der Waals surface area contributed by atoms with Crippen molar-refractivity contribution in [1.29, 1.82) is 0 Å². The molecular formula is C40H58N10O12S2. The average Bonchev–Trinajstić information content (AvgIpc) is 3.18. The topological polar surface area (TPSA) is 338 Å². The van der Waals surface area contributed by atoms with E-state index in [4.69, 9.17) is 0 Å². The second kappa shape index (κ2) is 22.7. The summed E-state index contributed by atoms with van der Waals surface area (Å²) in [5, 5.41) is 65.5. The van der Waals surface area contributed by atoms with Gasteiger partial charge < -0.3 is 51.1 Å². The summed E-state index contributed by atoms with van der Waals surface area (Å²) in [6.07, 6.45) is 0.231. The monoisotopic (exact) mass is 934 g/mol. The zero-order valence-corrected chi connectivity index (χ0v) is 38.0. The van der Waals surface area contributed by atoms with Gasteiger partial charge in [0.15, 0.2) is 0 Å². The molecule has 0 aliphatic heterocycles. The zero-order chi connectivity index (χ0) is 47.5. The predicted octanol–water partition coefficient (Wildman–Crippen LogP) is 2.32. The Morgan fingerprint density at radius 3 is 1.23 bits per heavy atom. The van der Waals surface area contributed by atoms with Crippen LogP contribution in [0.25, 0.3) is 12.2 Å². The van der Waals surface area contributed by atoms with E-state index in [0.29, 0.717) is 0 Å². The molecular weight excluding hydrogens is 877 g/mol. The summed E-state index contributed by atoms with van der Waals surface area (Å²) in [6.45, 7) is 6.14. The molecule has 2 aromatic heterocycles. The van der Waals surface area contributed by atoms with E-state index in [1.165, 1.54) is 36.4 Å². The van der Waals surface area contributed by atoms with Crippen LogP contribution < -0.4 is 20.4 Å². The van der Waals surface area contributed by atoms with Gasteiger partial charge in [0.1, 0.15) is 21.4 Å². The van der Waals surface area contributed by atoms with Crippen LogP contribution >= 0.6 is 0 Å². The highest BCUT2D eigenvalue weighted by atomic mass is 32.2. The Morgan fingerprint density at radius 1 is 0.578 bits per heavy atom. The molecule has 0 bridgehead atoms. The van der Waals surface area contributed by atoms with Crippen LogP contribution in [0.1, 0.15) is 88.0 Å². The number of likely N-dealkylation sites (N-methyl/N-ethyl adjacent to an activating group) is 2. The molecule has 2 heterocycles. The maximum atomic E-state index is 12.7. The molecule has 64 heavy (non-hydrogen) atoms. The third-order valence-electron chi connectivity index (χ3n) is 9.52. The standard InChI is InChI=1S/C40H58N10O12S2/c1-23(53)17-29(13-15-51)35-43-37(47-39(45-35)49(5)21-25(3)55)41-31-11-9-27(33(19-31)63(57,58)59)7-8-28-10-12-32(20-34(28)64(60,61)62)42-38-44-36(30(14-16-52)18-24(2)54)46-40(48-38)50(6)22-26(4)56/h7-12,19-20,23-26,29-30,51-56H,13-18,21-22H2,1-6H3,(H,57,58,59)(H,60,61,62)(H,41,43,45,47)(H,42,44,46,48). The lowest BCUT2D eigenvalue weighted by atomic mass is 9.98. The van der Waals surface area contributed by atoms with Crippen LogP contribution in [-0.4, -0.2) is 151 Å². The number of hydrogen-bond acceptors (Lipinski definition) is 20. The summed E-state index contributed by atoms with van der Waals surface area (Å²) >= 11 is 0. The Balaban J connectivity index is 1.73. The highest BCUT2D eigenvalue weighted by molar-refractivity contribution is 7.86. The lowest BCUT2D eigenvalue weighted by Crippen LogP contribution is -2.29. The lowest BCUT2D eigenvalue weighted by Gasteiger charge is -2.22. The maximum absolute atomic E-state index is 12.7. The first kappa shape index (κ1) is 51.6. The van der Waals surface area contributed by atoms with Crippen LogP contribution in [0, 0.1) is 0 Å². The Bertz CT molecular complexity index is 2270. The second-order valence-corrected chi connectivity index (χ2v) is 18.5. The molecule has 0 fully saturated rings. The van der Waals surface area contributed by atoms with E-state index in [2.05, 4.69) is 40.5 Å². The number of anilines is 6. The highest BCUT2D eigenvalue weighted by Gasteiger charge is 2.24. The molecule has 0 amide bonds. The minimum atomic E-state index is -4.92. The van der Waals surface area contributed by atoms with Crippen LogP contribution in [-0.2, 0) is 20.2 Å². The number of benzene rings is 2. The quantitative estimate of drug-likeness (QED) is 0.0356. The minimum absolute atomic E-state index is 0.0526. The van der Waals surface area contributed by atoms with Crippen LogP contribution in [0.3, 0.4) is 0 Å². The van der Waals surface area contributed by atoms with E-state index < -0.39 is 66.3 Å². The number of nitrogens with one attached hydrogen (secondary N) is 2. The van der Waals surface area contributed by atoms with Gasteiger partial charge >= 0.3 is 0 Å². The first-order chi connectivity index (χ1) is 30.0. The van der Waals surface area contributed by atoms with Gasteiger partial charge in [-0.25, -0.2) is 0 Å². The number of aliphatic hydroxyl groups is 6. The van der Waals surface area contributed by atoms with Crippen LogP contribution in [0.5, 0.6) is 0 Å². The molecule has 0 radical (unpaired) electrons. The lowest BCUT2D eigenvalue weighted by molar-refractivity contribution is 0.163. The molecule has 0 spiro atoms. The fraction of sp³-hybridized carbons (Fsp3) is 0.500. The molecule has 0 saturated carbocycles. The number of rotatable bonds is 24. The van der Waals surface area contributed by atoms with Crippen molar-refractivity contribution in [2.45, 2.75) is 99.4 Å². The van der Waals surface area contributed by atoms with Gasteiger partial charge in [-0.1, -0.05) is 24.3 Å². The Kier molecular flexibility index (Phi) is 18.3. The second-order valence-electron chi connectivity index (χ2n) is 15.7. The van der Waals surface area contributed by atoms with Gasteiger partial charge in [0.05, 0.1) is 24.4 Å². The summed E-state index contributed by atoms with van der Waals surface area (Å²) in [5.41, 5.74) is 0.0481. The summed E-state index contributed by atoms with van der Waals surface area (Å²) in [4.78, 5) is 28.7. The smallest absolute Gasteiger partial charge is 0.295 e. The van der Waals surface area contributed by atoms with E-state index in [1.807, 2.05) is 0 Å². The van der Waals surface area contributed by atoms with Crippen molar-refractivity contribution >= 4 is 67.6 Å². The first-order valence-electron chi connectivity index (χ1n) is 20.3. The van der Waals surface area contributed by atoms with Gasteiger partial charge in [-0.3, -0.25) is 9.11 Å². The number of aromatic nitrogens is 6. The van der Waals surface area contributed by atoms with Crippen LogP contribution in [0.4, 0.5) is 35.2 Å². The van der Waals surface area contributed by atoms with Crippen molar-refractivity contribution in [2.75, 3.05) is 60.8 Å². The average molecular weight is 935 g/mol. The molecule has 22 nitrogen and oxygen atoms in total. The molecule has 0 saturated heterocycles. The summed E-state index contributed by atoms with van der Waals surface area (Å²) < 4.78 is 71.5. The van der Waals surface area contributed by atoms with Gasteiger partial charge in [0.25, 0.3) is 20.2 Å². The molecule has 4 aromatic rings. The highest BCUT2D eigenvalue weighted by Crippen LogP contribution is 2.31. The van der Waals surface area contributed by atoms with Crippen molar-refractivity contribution in [3.8, 4) is 0 Å². The summed E-state index contributed by atoms with van der Waals surface area (Å²) in [7, 11) is -6.57. The van der Waals surface area contributed by atoms with E-state index in [-0.39, 0.29) is 110 Å². The van der Waals surface area contributed by atoms with Crippen molar-refractivity contribution < 1.29 is 56.6 Å². The fourth-order valence-corrected chi connectivity index (χ4v) is 8.18. The van der Waals surface area contributed by atoms with Gasteiger partial charge in [0.2, 0.25) is 23.8 Å². The molecule has 6 unspecified atom stereocenters. The van der Waals surface area contributed by atoms with Crippen LogP contribution in [0.2, 0.25) is 0 Å². The fourth-order valence-electron chi connectivity index (χ4n) is 6.76. The molecule has 352 valence electrons. The third kappa shape index (κ3) is 15.3. The van der Waals surface area contributed by atoms with Gasteiger partial charge in [0, 0.05) is 63.6 Å². The Hall–Kier alpha value is -5.02. The van der Waals surface area contributed by atoms with E-state index in [1.54, 1.807) is 51.6 Å². The molecule has 0 aliphatic carbocycles. The van der Waals surface area contributed by atoms with Crippen molar-refractivity contribution in [2.24, 2.45) is 0 Å². The first-order valence-corrected chi connectivity index (χ1v) is 23.2. The SMILES string of the molecule is CC(O)CC(CCO)c1nc(Nc2ccc(C=Cc3ccc(Nc4nc(C(CCO)CC(C)O)nc(N(C)CC(C)O)n4)cc3S(=O)(=O)O)c(S(=O)(=O)O)c2)nc(N(C)CC(C)O)n1. The summed E-state index contributed by atoms with van der Waals surface area (Å²) in [6, 6.07) is 7.71. The Labute approximate surface area is 372 Å². The largest absolute Gasteiger partial charge is 0.396 e. The molecule has 24 heteroatoms. The predicted molar refractivity (Wildman–Crippen MR) is 239 cm³/mol. The zero-order valence-electron chi connectivity index (χ0n) is 36.3. The van der Waals surface area contributed by atoms with Crippen molar-refractivity contribution in [3.63, 3.8) is 0 Å². The van der Waals surface area contributed by atoms with E-state index >= 15 is 0 Å². The molecule has 6 atom stereocenters. The van der Waals surface area contributed by atoms with Crippen LogP contribution in [0.15, 0.2) is 46.2 Å². The van der Waals surface area contributed by atoms with Crippen molar-refractivity contribution in [1.82, 2.24) is 29.9 Å². The van der Waals surface area contributed by atoms with E-state index in [9.17, 15) is 56.6 Å². The molecule has 10 N–H and O–H groups in total. The third-order valence-corrected chi connectivity index (χ3v) is 11.3. The number of aliphatic hydroxyl groups excluding tert-OH is 6. The summed E-state index contributed by atoms with van der Waals surface area (Å²) in [5.74, 6) is -0.405. The normalized spacial score (nSPS) is 15.0. The van der Waals surface area contributed by atoms with Crippen molar-refractivity contribution in [3.05, 3.63) is 59.2 Å². The number of nitrogens with zero attached hydrogens (tertiary/aromatic N) is 8. The number of hydrogen-bond donors (Lipinski definition) is 10. The Morgan fingerprint density at radius 2 is 0.938 bits per heavy atom. The maximum Gasteiger partial charge on any atom is 0.295 e. The molecule has 0 aliphatic rings. The van der Waals surface area contributed by atoms with Gasteiger partial charge in [-0.15, -0.1) is 0 Å². The minimum Gasteiger partial charge on any atom is -0.396 e. The molecule has 2 aromatic carbocycles. The van der Waals surface area contributed by atoms with Gasteiger partial charge in [-0.2, -0.15) is 46.7 Å². The van der Waals surface area contributed by atoms with E-state index in [0.717, 1.165) is 12.1 Å².